The zero-order valence-electron chi connectivity index (χ0n) is 13.5. The van der Waals surface area contributed by atoms with Crippen molar-refractivity contribution in [2.24, 2.45) is 5.92 Å². The van der Waals surface area contributed by atoms with Crippen LogP contribution < -0.4 is 5.32 Å². The SMILES string of the molecule is Cc1sc(CNC2CC2)cc1S(=O)(=O)N(C)C(C)C(C)C. The first-order valence-corrected chi connectivity index (χ1v) is 9.80. The molecule has 1 heterocycles. The fourth-order valence-electron chi connectivity index (χ4n) is 2.19. The minimum Gasteiger partial charge on any atom is -0.309 e. The van der Waals surface area contributed by atoms with E-state index in [-0.39, 0.29) is 6.04 Å². The molecule has 1 saturated carbocycles. The molecular weight excluding hydrogens is 304 g/mol. The molecule has 2 rings (SSSR count). The molecule has 0 amide bonds. The summed E-state index contributed by atoms with van der Waals surface area (Å²) in [4.78, 5) is 2.45. The summed E-state index contributed by atoms with van der Waals surface area (Å²) in [6.45, 7) is 8.71. The average molecular weight is 331 g/mol. The second-order valence-corrected chi connectivity index (χ2v) is 9.60. The molecule has 0 saturated heterocycles. The Labute approximate surface area is 132 Å². The minimum absolute atomic E-state index is 0.0117. The number of hydrogen-bond acceptors (Lipinski definition) is 4. The molecule has 120 valence electrons. The van der Waals surface area contributed by atoms with E-state index in [9.17, 15) is 8.42 Å². The zero-order chi connectivity index (χ0) is 15.8. The van der Waals surface area contributed by atoms with E-state index in [1.54, 1.807) is 18.4 Å². The molecule has 21 heavy (non-hydrogen) atoms. The summed E-state index contributed by atoms with van der Waals surface area (Å²) in [5.41, 5.74) is 0. The molecule has 0 spiro atoms. The maximum absolute atomic E-state index is 12.8. The molecule has 1 aromatic heterocycles. The Morgan fingerprint density at radius 1 is 1.38 bits per heavy atom. The van der Waals surface area contributed by atoms with Crippen molar-refractivity contribution in [3.8, 4) is 0 Å². The van der Waals surface area contributed by atoms with Gasteiger partial charge < -0.3 is 5.32 Å². The maximum atomic E-state index is 12.8. The van der Waals surface area contributed by atoms with Crippen LogP contribution in [0, 0.1) is 12.8 Å². The molecule has 0 aliphatic heterocycles. The van der Waals surface area contributed by atoms with Gasteiger partial charge in [0.2, 0.25) is 10.0 Å². The van der Waals surface area contributed by atoms with Gasteiger partial charge in [-0.05, 0) is 38.7 Å². The van der Waals surface area contributed by atoms with Crippen molar-refractivity contribution < 1.29 is 8.42 Å². The molecule has 1 unspecified atom stereocenters. The summed E-state index contributed by atoms with van der Waals surface area (Å²) in [6.07, 6.45) is 2.48. The molecule has 0 bridgehead atoms. The van der Waals surface area contributed by atoms with Crippen LogP contribution in [0.15, 0.2) is 11.0 Å². The number of thiophene rings is 1. The van der Waals surface area contributed by atoms with Crippen LogP contribution in [0.3, 0.4) is 0 Å². The van der Waals surface area contributed by atoms with Gasteiger partial charge in [0.1, 0.15) is 0 Å². The van der Waals surface area contributed by atoms with Gasteiger partial charge in [-0.1, -0.05) is 13.8 Å². The summed E-state index contributed by atoms with van der Waals surface area (Å²) in [5, 5.41) is 3.44. The third kappa shape index (κ3) is 3.86. The van der Waals surface area contributed by atoms with Gasteiger partial charge >= 0.3 is 0 Å². The second kappa shape index (κ2) is 6.36. The molecule has 6 heteroatoms. The van der Waals surface area contributed by atoms with Crippen molar-refractivity contribution in [2.75, 3.05) is 7.05 Å². The Morgan fingerprint density at radius 3 is 2.52 bits per heavy atom. The van der Waals surface area contributed by atoms with E-state index in [0.717, 1.165) is 16.3 Å². The van der Waals surface area contributed by atoms with E-state index in [1.807, 2.05) is 33.8 Å². The predicted octanol–water partition coefficient (Wildman–Crippen LogP) is 2.97. The van der Waals surface area contributed by atoms with Gasteiger partial charge in [0.25, 0.3) is 0 Å². The minimum atomic E-state index is -3.40. The number of nitrogens with one attached hydrogen (secondary N) is 1. The summed E-state index contributed by atoms with van der Waals surface area (Å²) in [7, 11) is -1.72. The third-order valence-corrected chi connectivity index (χ3v) is 7.51. The van der Waals surface area contributed by atoms with E-state index in [1.165, 1.54) is 17.1 Å². The number of hydrogen-bond donors (Lipinski definition) is 1. The summed E-state index contributed by atoms with van der Waals surface area (Å²) in [5.74, 6) is 0.291. The monoisotopic (exact) mass is 330 g/mol. The van der Waals surface area contributed by atoms with Gasteiger partial charge in [-0.15, -0.1) is 11.3 Å². The predicted molar refractivity (Wildman–Crippen MR) is 88.2 cm³/mol. The highest BCUT2D eigenvalue weighted by Crippen LogP contribution is 2.30. The highest BCUT2D eigenvalue weighted by atomic mass is 32.2. The van der Waals surface area contributed by atoms with E-state index in [2.05, 4.69) is 5.32 Å². The van der Waals surface area contributed by atoms with Crippen molar-refractivity contribution in [3.05, 3.63) is 15.8 Å². The molecule has 1 aliphatic rings. The Balaban J connectivity index is 2.18. The molecule has 4 nitrogen and oxygen atoms in total. The standard InChI is InChI=1S/C15H26N2O2S2/c1-10(2)11(3)17(5)21(18,19)15-8-14(20-12(15)4)9-16-13-6-7-13/h8,10-11,13,16H,6-7,9H2,1-5H3. The maximum Gasteiger partial charge on any atom is 0.244 e. The van der Waals surface area contributed by atoms with Crippen LogP contribution in [-0.4, -0.2) is 31.9 Å². The van der Waals surface area contributed by atoms with Crippen LogP contribution in [-0.2, 0) is 16.6 Å². The molecule has 1 N–H and O–H groups in total. The van der Waals surface area contributed by atoms with Crippen LogP contribution in [0.4, 0.5) is 0 Å². The van der Waals surface area contributed by atoms with Crippen LogP contribution >= 0.6 is 11.3 Å². The Morgan fingerprint density at radius 2 is 2.00 bits per heavy atom. The van der Waals surface area contributed by atoms with Crippen molar-refractivity contribution in [2.45, 2.75) is 64.1 Å². The molecule has 1 aromatic rings. The lowest BCUT2D eigenvalue weighted by molar-refractivity contribution is 0.315. The summed E-state index contributed by atoms with van der Waals surface area (Å²) < 4.78 is 27.1. The smallest absolute Gasteiger partial charge is 0.244 e. The van der Waals surface area contributed by atoms with Gasteiger partial charge in [0, 0.05) is 35.4 Å². The fourth-order valence-corrected chi connectivity index (χ4v) is 5.24. The van der Waals surface area contributed by atoms with E-state index < -0.39 is 10.0 Å². The van der Waals surface area contributed by atoms with Crippen molar-refractivity contribution in [1.29, 1.82) is 0 Å². The first-order chi connectivity index (χ1) is 9.73. The first-order valence-electron chi connectivity index (χ1n) is 7.54. The molecule has 0 aromatic carbocycles. The van der Waals surface area contributed by atoms with Gasteiger partial charge in [-0.25, -0.2) is 8.42 Å². The van der Waals surface area contributed by atoms with Crippen LogP contribution in [0.1, 0.15) is 43.4 Å². The Bertz CT molecular complexity index is 589. The number of sulfonamides is 1. The highest BCUT2D eigenvalue weighted by Gasteiger charge is 2.30. The molecule has 1 fully saturated rings. The van der Waals surface area contributed by atoms with Crippen molar-refractivity contribution in [1.82, 2.24) is 9.62 Å². The number of rotatable bonds is 7. The van der Waals surface area contributed by atoms with Gasteiger partial charge in [0.15, 0.2) is 0 Å². The number of nitrogens with zero attached hydrogens (tertiary/aromatic N) is 1. The van der Waals surface area contributed by atoms with Crippen molar-refractivity contribution in [3.63, 3.8) is 0 Å². The topological polar surface area (TPSA) is 49.4 Å². The van der Waals surface area contributed by atoms with Gasteiger partial charge in [-0.3, -0.25) is 0 Å². The highest BCUT2D eigenvalue weighted by molar-refractivity contribution is 7.89. The van der Waals surface area contributed by atoms with Gasteiger partial charge in [0.05, 0.1) is 4.90 Å². The summed E-state index contributed by atoms with van der Waals surface area (Å²) in [6, 6.07) is 2.47. The molecular formula is C15H26N2O2S2. The normalized spacial score (nSPS) is 17.7. The largest absolute Gasteiger partial charge is 0.309 e. The van der Waals surface area contributed by atoms with E-state index >= 15 is 0 Å². The fraction of sp³-hybridized carbons (Fsp3) is 0.733. The molecule has 1 atom stereocenters. The first kappa shape index (κ1) is 16.9. The van der Waals surface area contributed by atoms with Crippen molar-refractivity contribution >= 4 is 21.4 Å². The van der Waals surface area contributed by atoms with Crippen LogP contribution in [0.5, 0.6) is 0 Å². The van der Waals surface area contributed by atoms with Gasteiger partial charge in [-0.2, -0.15) is 4.31 Å². The number of aryl methyl sites for hydroxylation is 1. The van der Waals surface area contributed by atoms with E-state index in [4.69, 9.17) is 0 Å². The lowest BCUT2D eigenvalue weighted by Crippen LogP contribution is -2.38. The van der Waals surface area contributed by atoms with Crippen LogP contribution in [0.25, 0.3) is 0 Å². The average Bonchev–Trinajstić information content (AvgIpc) is 3.16. The second-order valence-electron chi connectivity index (χ2n) is 6.29. The lowest BCUT2D eigenvalue weighted by Gasteiger charge is -2.27. The van der Waals surface area contributed by atoms with E-state index in [0.29, 0.717) is 16.9 Å². The lowest BCUT2D eigenvalue weighted by atomic mass is 10.1. The third-order valence-electron chi connectivity index (χ3n) is 4.26. The zero-order valence-corrected chi connectivity index (χ0v) is 15.1. The Hall–Kier alpha value is -0.430. The van der Waals surface area contributed by atoms with Crippen LogP contribution in [0.2, 0.25) is 0 Å². The molecule has 1 aliphatic carbocycles. The Kier molecular flexibility index (Phi) is 5.13. The summed E-state index contributed by atoms with van der Waals surface area (Å²) >= 11 is 1.58. The molecule has 0 radical (unpaired) electrons. The quantitative estimate of drug-likeness (QED) is 0.836.